The van der Waals surface area contributed by atoms with Gasteiger partial charge in [0.05, 0.1) is 4.90 Å². The summed E-state index contributed by atoms with van der Waals surface area (Å²) in [6.45, 7) is 0. The van der Waals surface area contributed by atoms with Crippen molar-refractivity contribution in [2.45, 2.75) is 4.90 Å². The van der Waals surface area contributed by atoms with Gasteiger partial charge in [0.25, 0.3) is 0 Å². The van der Waals surface area contributed by atoms with Crippen molar-refractivity contribution in [1.29, 1.82) is 0 Å². The fourth-order valence-corrected chi connectivity index (χ4v) is 0.774. The van der Waals surface area contributed by atoms with Gasteiger partial charge in [-0.3, -0.25) is 18.8 Å². The molecule has 0 bridgehead atoms. The topological polar surface area (TPSA) is 0 Å². The fraction of sp³-hybridized carbons (Fsp3) is 0. The smallest absolute Gasteiger partial charge is 0.175 e. The first kappa shape index (κ1) is 29.5. The van der Waals surface area contributed by atoms with E-state index in [4.69, 9.17) is 0 Å². The summed E-state index contributed by atoms with van der Waals surface area (Å²) in [5.41, 5.74) is 0. The molecule has 1 aromatic rings. The van der Waals surface area contributed by atoms with E-state index >= 15 is 0 Å². The zero-order valence-electron chi connectivity index (χ0n) is 7.08. The third-order valence-corrected chi connectivity index (χ3v) is 1.48. The molecule has 0 spiro atoms. The van der Waals surface area contributed by atoms with Crippen molar-refractivity contribution in [3.8, 4) is 0 Å². The lowest BCUT2D eigenvalue weighted by Crippen LogP contribution is -1.94. The van der Waals surface area contributed by atoms with Gasteiger partial charge in [0.1, 0.15) is 0 Å². The van der Waals surface area contributed by atoms with Crippen molar-refractivity contribution in [2.75, 3.05) is 0 Å². The van der Waals surface area contributed by atoms with Crippen molar-refractivity contribution in [2.24, 2.45) is 0 Å². The molecule has 0 aromatic heterocycles. The van der Waals surface area contributed by atoms with Gasteiger partial charge < -0.3 is 0 Å². The Bertz CT molecular complexity index is 281. The molecule has 100 valence electrons. The Morgan fingerprint density at radius 2 is 1.00 bits per heavy atom. The second-order valence-electron chi connectivity index (χ2n) is 1.82. The Morgan fingerprint density at radius 3 is 1.25 bits per heavy atom. The fourth-order valence-electron chi connectivity index (χ4n) is 0.561. The molecule has 10 heteroatoms. The molecule has 0 aliphatic carbocycles. The summed E-state index contributed by atoms with van der Waals surface area (Å²) >= 11 is 3.22. The van der Waals surface area contributed by atoms with E-state index in [0.717, 1.165) is 0 Å². The van der Waals surface area contributed by atoms with Crippen LogP contribution < -0.4 is 0 Å². The number of thiol groups is 1. The van der Waals surface area contributed by atoms with Crippen LogP contribution in [0.2, 0.25) is 0 Å². The van der Waals surface area contributed by atoms with Crippen molar-refractivity contribution < 1.29 is 36.4 Å². The van der Waals surface area contributed by atoms with Crippen LogP contribution in [-0.4, -0.2) is 0 Å². The highest BCUT2D eigenvalue weighted by Crippen LogP contribution is 2.21. The van der Waals surface area contributed by atoms with Gasteiger partial charge in [-0.25, -0.2) is 17.6 Å². The molecule has 0 amide bonds. The summed E-state index contributed by atoms with van der Waals surface area (Å²) in [6, 6.07) is 0.129. The second-order valence-corrected chi connectivity index (χ2v) is 2.26. The van der Waals surface area contributed by atoms with Gasteiger partial charge in [-0.15, -0.1) is 25.0 Å². The number of hydrogen-bond donors (Lipinski definition) is 1. The number of hydrogen-bond acceptors (Lipinski definition) is 1. The summed E-state index contributed by atoms with van der Waals surface area (Å²) in [5, 5.41) is 0. The minimum absolute atomic E-state index is 0. The molecule has 0 nitrogen and oxygen atoms in total. The molecule has 0 unspecified atom stereocenters. The van der Waals surface area contributed by atoms with Crippen LogP contribution >= 0.6 is 25.0 Å². The normalized spacial score (nSPS) is 7.06. The predicted octanol–water partition coefficient (Wildman–Crippen LogP) is 3.56. The molecule has 0 fully saturated rings. The van der Waals surface area contributed by atoms with E-state index < -0.39 is 28.2 Å². The van der Waals surface area contributed by atoms with Gasteiger partial charge >= 0.3 is 0 Å². The molecule has 16 heavy (non-hydrogen) atoms. The molecule has 1 aromatic carbocycles. The number of benzene rings is 1. The van der Waals surface area contributed by atoms with Crippen LogP contribution in [0.15, 0.2) is 11.0 Å². The van der Waals surface area contributed by atoms with Crippen LogP contribution in [0.1, 0.15) is 0 Å². The molecular formula is C6H7ClF8S. The van der Waals surface area contributed by atoms with Crippen LogP contribution in [0, 0.1) is 23.3 Å². The Kier molecular flexibility index (Phi) is 19.9. The highest BCUT2D eigenvalue weighted by Gasteiger charge is 2.15. The van der Waals surface area contributed by atoms with Gasteiger partial charge in [0, 0.05) is 6.07 Å². The largest absolute Gasteiger partial charge is 0.269 e. The van der Waals surface area contributed by atoms with Crippen LogP contribution in [0.5, 0.6) is 0 Å². The summed E-state index contributed by atoms with van der Waals surface area (Å²) in [5.74, 6) is -5.86. The van der Waals surface area contributed by atoms with E-state index in [0.29, 0.717) is 0 Å². The van der Waals surface area contributed by atoms with Gasteiger partial charge in [-0.1, -0.05) is 0 Å². The highest BCUT2D eigenvalue weighted by molar-refractivity contribution is 7.80. The minimum atomic E-state index is -1.48. The first-order valence-electron chi connectivity index (χ1n) is 2.56. The quantitative estimate of drug-likeness (QED) is 0.422. The third-order valence-electron chi connectivity index (χ3n) is 1.09. The second kappa shape index (κ2) is 10.8. The molecular weight excluding hydrogens is 292 g/mol. The van der Waals surface area contributed by atoms with Crippen molar-refractivity contribution in [3.05, 3.63) is 29.3 Å². The Labute approximate surface area is 96.3 Å². The average molecular weight is 299 g/mol. The minimum Gasteiger partial charge on any atom is -0.269 e. The van der Waals surface area contributed by atoms with Crippen LogP contribution in [-0.2, 0) is 0 Å². The Balaban J connectivity index is -0.0000000807. The number of halogens is 9. The summed E-state index contributed by atoms with van der Waals surface area (Å²) in [6.07, 6.45) is 0. The molecule has 0 aliphatic heterocycles. The SMILES string of the molecule is Cl.F.F.F.F.Fc1cc(F)c(F)c(S)c1F. The van der Waals surface area contributed by atoms with Crippen LogP contribution in [0.4, 0.5) is 36.4 Å². The summed E-state index contributed by atoms with van der Waals surface area (Å²) < 4.78 is 49.0. The third kappa shape index (κ3) is 5.40. The van der Waals surface area contributed by atoms with E-state index in [9.17, 15) is 17.6 Å². The zero-order chi connectivity index (χ0) is 8.59. The maximum absolute atomic E-state index is 12.3. The van der Waals surface area contributed by atoms with Crippen molar-refractivity contribution in [1.82, 2.24) is 0 Å². The number of rotatable bonds is 0. The van der Waals surface area contributed by atoms with E-state index in [1.165, 1.54) is 0 Å². The zero-order valence-corrected chi connectivity index (χ0v) is 8.79. The maximum atomic E-state index is 12.3. The molecule has 0 radical (unpaired) electrons. The Hall–Kier alpha value is -0.700. The van der Waals surface area contributed by atoms with E-state index in [1.807, 2.05) is 0 Å². The molecule has 0 N–H and O–H groups in total. The predicted molar refractivity (Wildman–Crippen MR) is 50.8 cm³/mol. The molecule has 0 saturated heterocycles. The monoisotopic (exact) mass is 298 g/mol. The van der Waals surface area contributed by atoms with Gasteiger partial charge in [-0.2, -0.15) is 0 Å². The molecule has 0 atom stereocenters. The van der Waals surface area contributed by atoms with Gasteiger partial charge in [0.15, 0.2) is 23.3 Å². The van der Waals surface area contributed by atoms with E-state index in [1.54, 1.807) is 0 Å². The average Bonchev–Trinajstić information content (AvgIpc) is 1.97. The molecule has 0 saturated carbocycles. The first-order chi connectivity index (χ1) is 5.04. The van der Waals surface area contributed by atoms with Crippen LogP contribution in [0.25, 0.3) is 0 Å². The maximum Gasteiger partial charge on any atom is 0.175 e. The standard InChI is InChI=1S/C6H2F4S.ClH.4FH/c7-2-1-3(8)5(10)6(11)4(2)9;;;;;/h1,11H;5*1H. The van der Waals surface area contributed by atoms with Gasteiger partial charge in [-0.05, 0) is 0 Å². The lowest BCUT2D eigenvalue weighted by molar-refractivity contribution is 0.426. The lowest BCUT2D eigenvalue weighted by Gasteiger charge is -1.98. The van der Waals surface area contributed by atoms with E-state index in [2.05, 4.69) is 12.6 Å². The van der Waals surface area contributed by atoms with Crippen molar-refractivity contribution in [3.63, 3.8) is 0 Å². The first-order valence-corrected chi connectivity index (χ1v) is 3.00. The van der Waals surface area contributed by atoms with Crippen molar-refractivity contribution >= 4 is 25.0 Å². The van der Waals surface area contributed by atoms with Crippen LogP contribution in [0.3, 0.4) is 0 Å². The summed E-state index contributed by atoms with van der Waals surface area (Å²) in [7, 11) is 0. The lowest BCUT2D eigenvalue weighted by atomic mass is 10.3. The molecule has 1 rings (SSSR count). The molecule has 0 heterocycles. The van der Waals surface area contributed by atoms with Gasteiger partial charge in [0.2, 0.25) is 0 Å². The summed E-state index contributed by atoms with van der Waals surface area (Å²) in [4.78, 5) is -0.942. The van der Waals surface area contributed by atoms with E-state index in [-0.39, 0.29) is 37.3 Å². The highest BCUT2D eigenvalue weighted by atomic mass is 35.5. The molecule has 0 aliphatic rings. The Morgan fingerprint density at radius 1 is 0.750 bits per heavy atom.